The molecule has 0 saturated heterocycles. The van der Waals surface area contributed by atoms with Crippen molar-refractivity contribution >= 4 is 62.2 Å². The van der Waals surface area contributed by atoms with E-state index in [1.54, 1.807) is 18.2 Å². The van der Waals surface area contributed by atoms with Crippen LogP contribution in [0.25, 0.3) is 11.2 Å². The van der Waals surface area contributed by atoms with Crippen LogP contribution in [0.2, 0.25) is 10.2 Å². The molecule has 0 bridgehead atoms. The Bertz CT molecular complexity index is 851. The Morgan fingerprint density at radius 1 is 1.29 bits per heavy atom. The average molecular weight is 387 g/mol. The minimum Gasteiger partial charge on any atom is -0.341 e. The number of nitrogens with one attached hydrogen (secondary N) is 2. The molecule has 0 unspecified atom stereocenters. The molecule has 0 atom stereocenters. The number of hydrogen-bond acceptors (Lipinski definition) is 4. The van der Waals surface area contributed by atoms with Crippen molar-refractivity contribution in [2.24, 2.45) is 0 Å². The number of amides is 1. The number of hydrogen-bond donors (Lipinski definition) is 2. The number of nitrogens with zero attached hydrogens (tertiary/aromatic N) is 3. The van der Waals surface area contributed by atoms with Gasteiger partial charge in [0.2, 0.25) is 5.95 Å². The minimum atomic E-state index is -0.438. The molecule has 2 aromatic heterocycles. The lowest BCUT2D eigenvalue weighted by molar-refractivity contribution is 0.102. The fourth-order valence-electron chi connectivity index (χ4n) is 1.69. The molecule has 0 spiro atoms. The van der Waals surface area contributed by atoms with Crippen LogP contribution in [-0.2, 0) is 0 Å². The van der Waals surface area contributed by atoms with Gasteiger partial charge in [-0.25, -0.2) is 4.98 Å². The van der Waals surface area contributed by atoms with E-state index in [0.29, 0.717) is 21.7 Å². The quantitative estimate of drug-likeness (QED) is 0.658. The maximum atomic E-state index is 12.2. The largest absolute Gasteiger partial charge is 0.341 e. The highest BCUT2D eigenvalue weighted by atomic mass is 79.9. The Labute approximate surface area is 137 Å². The topological polar surface area (TPSA) is 83.6 Å². The Balaban J connectivity index is 1.94. The second-order valence-electron chi connectivity index (χ2n) is 4.02. The predicted octanol–water partition coefficient (Wildman–Crippen LogP) is 3.67. The van der Waals surface area contributed by atoms with Gasteiger partial charge in [-0.2, -0.15) is 9.97 Å². The zero-order valence-electron chi connectivity index (χ0n) is 10.2. The molecule has 2 N–H and O–H groups in total. The molecule has 2 heterocycles. The Morgan fingerprint density at radius 3 is 2.90 bits per heavy atom. The monoisotopic (exact) mass is 385 g/mol. The van der Waals surface area contributed by atoms with Crippen LogP contribution in [0.3, 0.4) is 0 Å². The summed E-state index contributed by atoms with van der Waals surface area (Å²) in [6.45, 7) is 0. The van der Waals surface area contributed by atoms with Crippen molar-refractivity contribution in [3.63, 3.8) is 0 Å². The number of carbonyl (C=O) groups excluding carboxylic acids is 1. The lowest BCUT2D eigenvalue weighted by atomic mass is 10.2. The van der Waals surface area contributed by atoms with Crippen LogP contribution in [-0.4, -0.2) is 25.8 Å². The molecule has 6 nitrogen and oxygen atoms in total. The molecule has 0 aliphatic heterocycles. The molecule has 3 rings (SSSR count). The maximum Gasteiger partial charge on any atom is 0.259 e. The van der Waals surface area contributed by atoms with Crippen LogP contribution < -0.4 is 5.32 Å². The fourth-order valence-corrected chi connectivity index (χ4v) is 2.48. The highest BCUT2D eigenvalue weighted by Gasteiger charge is 2.14. The van der Waals surface area contributed by atoms with Gasteiger partial charge in [0.05, 0.1) is 16.9 Å². The van der Waals surface area contributed by atoms with Gasteiger partial charge in [-0.1, -0.05) is 39.1 Å². The van der Waals surface area contributed by atoms with Crippen molar-refractivity contribution in [1.29, 1.82) is 0 Å². The van der Waals surface area contributed by atoms with E-state index >= 15 is 0 Å². The molecule has 0 saturated carbocycles. The highest BCUT2D eigenvalue weighted by molar-refractivity contribution is 9.10. The predicted molar refractivity (Wildman–Crippen MR) is 83.8 cm³/mol. The van der Waals surface area contributed by atoms with Gasteiger partial charge in [0.1, 0.15) is 5.52 Å². The molecule has 3 aromatic rings. The first-order chi connectivity index (χ1) is 10.0. The summed E-state index contributed by atoms with van der Waals surface area (Å²) in [5.41, 5.74) is 1.17. The molecule has 1 amide bonds. The molecule has 9 heteroatoms. The molecule has 0 aliphatic carbocycles. The van der Waals surface area contributed by atoms with E-state index in [4.69, 9.17) is 23.2 Å². The Morgan fingerprint density at radius 2 is 2.10 bits per heavy atom. The van der Waals surface area contributed by atoms with Crippen molar-refractivity contribution in [3.05, 3.63) is 44.7 Å². The van der Waals surface area contributed by atoms with E-state index in [9.17, 15) is 4.79 Å². The smallest absolute Gasteiger partial charge is 0.259 e. The normalized spacial score (nSPS) is 10.8. The van der Waals surface area contributed by atoms with E-state index < -0.39 is 5.91 Å². The molecule has 0 radical (unpaired) electrons. The van der Waals surface area contributed by atoms with Gasteiger partial charge >= 0.3 is 0 Å². The van der Waals surface area contributed by atoms with Gasteiger partial charge in [-0.05, 0) is 18.2 Å². The number of aromatic amines is 1. The summed E-state index contributed by atoms with van der Waals surface area (Å²) in [6.07, 6.45) is 1.45. The van der Waals surface area contributed by atoms with Crippen LogP contribution in [0.4, 0.5) is 5.95 Å². The first-order valence-corrected chi connectivity index (χ1v) is 7.22. The minimum absolute atomic E-state index is 0.0562. The number of rotatable bonds is 2. The number of benzene rings is 1. The summed E-state index contributed by atoms with van der Waals surface area (Å²) >= 11 is 15.3. The fraction of sp³-hybridized carbons (Fsp3) is 0. The first kappa shape index (κ1) is 14.2. The number of H-pyrrole nitrogens is 1. The average Bonchev–Trinajstić information content (AvgIpc) is 2.90. The zero-order chi connectivity index (χ0) is 15.0. The van der Waals surface area contributed by atoms with Crippen LogP contribution in [0.5, 0.6) is 0 Å². The molecule has 0 fully saturated rings. The molecule has 106 valence electrons. The molecule has 1 aromatic carbocycles. The van der Waals surface area contributed by atoms with E-state index in [1.807, 2.05) is 0 Å². The SMILES string of the molecule is O=C(Nc1nc(Cl)c2[nH]cnc2n1)c1cc(Br)ccc1Cl. The Kier molecular flexibility index (Phi) is 3.79. The summed E-state index contributed by atoms with van der Waals surface area (Å²) in [5, 5.41) is 3.04. The molecule has 21 heavy (non-hydrogen) atoms. The van der Waals surface area contributed by atoms with E-state index in [1.165, 1.54) is 6.33 Å². The van der Waals surface area contributed by atoms with Crippen LogP contribution in [0, 0.1) is 0 Å². The van der Waals surface area contributed by atoms with Gasteiger partial charge < -0.3 is 4.98 Å². The van der Waals surface area contributed by atoms with Gasteiger partial charge in [0.25, 0.3) is 5.91 Å². The van der Waals surface area contributed by atoms with Crippen LogP contribution >= 0.6 is 39.1 Å². The van der Waals surface area contributed by atoms with E-state index in [0.717, 1.165) is 4.47 Å². The van der Waals surface area contributed by atoms with Gasteiger partial charge in [0.15, 0.2) is 10.8 Å². The zero-order valence-corrected chi connectivity index (χ0v) is 13.3. The summed E-state index contributed by atoms with van der Waals surface area (Å²) in [6, 6.07) is 4.96. The van der Waals surface area contributed by atoms with Crippen molar-refractivity contribution in [2.75, 3.05) is 5.32 Å². The second-order valence-corrected chi connectivity index (χ2v) is 5.70. The van der Waals surface area contributed by atoms with Gasteiger partial charge in [-0.3, -0.25) is 10.1 Å². The number of halogens is 3. The van der Waals surface area contributed by atoms with E-state index in [-0.39, 0.29) is 11.1 Å². The van der Waals surface area contributed by atoms with Crippen molar-refractivity contribution in [1.82, 2.24) is 19.9 Å². The van der Waals surface area contributed by atoms with Crippen LogP contribution in [0.1, 0.15) is 10.4 Å². The lowest BCUT2D eigenvalue weighted by Crippen LogP contribution is -2.15. The Hall–Kier alpha value is -1.70. The first-order valence-electron chi connectivity index (χ1n) is 5.67. The number of imidazole rings is 1. The van der Waals surface area contributed by atoms with Gasteiger partial charge in [-0.15, -0.1) is 0 Å². The van der Waals surface area contributed by atoms with E-state index in [2.05, 4.69) is 41.2 Å². The summed E-state index contributed by atoms with van der Waals surface area (Å²) in [5.74, 6) is -0.382. The highest BCUT2D eigenvalue weighted by Crippen LogP contribution is 2.23. The third-order valence-electron chi connectivity index (χ3n) is 2.64. The third kappa shape index (κ3) is 2.85. The van der Waals surface area contributed by atoms with Crippen molar-refractivity contribution in [3.8, 4) is 0 Å². The number of fused-ring (bicyclic) bond motifs is 1. The lowest BCUT2D eigenvalue weighted by Gasteiger charge is -2.06. The molecular formula is C12H6BrCl2N5O. The number of anilines is 1. The summed E-state index contributed by atoms with van der Waals surface area (Å²) in [4.78, 5) is 27.1. The van der Waals surface area contributed by atoms with Crippen molar-refractivity contribution in [2.45, 2.75) is 0 Å². The van der Waals surface area contributed by atoms with Gasteiger partial charge in [0, 0.05) is 4.47 Å². The standard InChI is InChI=1S/C12H6BrCl2N5O/c13-5-1-2-7(14)6(3-5)11(21)20-12-18-9(15)8-10(19-12)17-4-16-8/h1-4H,(H2,16,17,18,19,20,21). The van der Waals surface area contributed by atoms with Crippen LogP contribution in [0.15, 0.2) is 29.0 Å². The molecular weight excluding hydrogens is 381 g/mol. The summed E-state index contributed by atoms with van der Waals surface area (Å²) < 4.78 is 0.735. The molecule has 0 aliphatic rings. The number of carbonyl (C=O) groups is 1. The third-order valence-corrected chi connectivity index (χ3v) is 3.74. The van der Waals surface area contributed by atoms with Crippen molar-refractivity contribution < 1.29 is 4.79 Å². The number of aromatic nitrogens is 4. The second kappa shape index (κ2) is 5.59. The maximum absolute atomic E-state index is 12.2. The summed E-state index contributed by atoms with van der Waals surface area (Å²) in [7, 11) is 0.